The highest BCUT2D eigenvalue weighted by Gasteiger charge is 2.24. The molecule has 1 rings (SSSR count). The maximum atomic E-state index is 11.3. The molecule has 0 aromatic rings. The second-order valence-corrected chi connectivity index (χ2v) is 4.92. The first-order valence-corrected chi connectivity index (χ1v) is 7.04. The molecule has 18 heavy (non-hydrogen) atoms. The third kappa shape index (κ3) is 4.23. The summed E-state index contributed by atoms with van der Waals surface area (Å²) >= 11 is 0. The predicted molar refractivity (Wildman–Crippen MR) is 74.5 cm³/mol. The molecule has 5 nitrogen and oxygen atoms in total. The van der Waals surface area contributed by atoms with Crippen LogP contribution in [0.3, 0.4) is 0 Å². The van der Waals surface area contributed by atoms with E-state index in [4.69, 9.17) is 5.73 Å². The first-order valence-electron chi connectivity index (χ1n) is 7.04. The molecule has 1 amide bonds. The Kier molecular flexibility index (Phi) is 6.60. The number of amides is 1. The van der Waals surface area contributed by atoms with E-state index in [1.165, 1.54) is 0 Å². The standard InChI is InChI=1S/C13H28N4O/c1-4-15(5-2)11-13(10-14)17-8-6-16(7-9-17)12(3)18/h13H,4-11,14H2,1-3H3. The van der Waals surface area contributed by atoms with E-state index in [1.54, 1.807) is 6.92 Å². The van der Waals surface area contributed by atoms with Gasteiger partial charge in [-0.1, -0.05) is 13.8 Å². The Morgan fingerprint density at radius 1 is 1.22 bits per heavy atom. The largest absolute Gasteiger partial charge is 0.340 e. The van der Waals surface area contributed by atoms with Crippen molar-refractivity contribution in [2.24, 2.45) is 5.73 Å². The highest BCUT2D eigenvalue weighted by Crippen LogP contribution is 2.07. The van der Waals surface area contributed by atoms with Crippen molar-refractivity contribution in [3.05, 3.63) is 0 Å². The van der Waals surface area contributed by atoms with Gasteiger partial charge in [0.25, 0.3) is 0 Å². The van der Waals surface area contributed by atoms with Crippen molar-refractivity contribution >= 4 is 5.91 Å². The third-order valence-corrected chi connectivity index (χ3v) is 3.91. The lowest BCUT2D eigenvalue weighted by Gasteiger charge is -2.40. The molecule has 0 aromatic heterocycles. The van der Waals surface area contributed by atoms with Gasteiger partial charge in [-0.3, -0.25) is 9.69 Å². The number of likely N-dealkylation sites (N-methyl/N-ethyl adjacent to an activating group) is 1. The predicted octanol–water partition coefficient (Wildman–Crippen LogP) is -0.180. The summed E-state index contributed by atoms with van der Waals surface area (Å²) in [5.74, 6) is 0.183. The van der Waals surface area contributed by atoms with E-state index in [2.05, 4.69) is 23.6 Å². The fourth-order valence-electron chi connectivity index (χ4n) is 2.52. The normalized spacial score (nSPS) is 19.3. The van der Waals surface area contributed by atoms with Crippen LogP contribution in [0.5, 0.6) is 0 Å². The average Bonchev–Trinajstić information content (AvgIpc) is 2.40. The number of rotatable bonds is 6. The quantitative estimate of drug-likeness (QED) is 0.716. The summed E-state index contributed by atoms with van der Waals surface area (Å²) in [6.07, 6.45) is 0. The van der Waals surface area contributed by atoms with Crippen molar-refractivity contribution in [1.29, 1.82) is 0 Å². The Labute approximate surface area is 111 Å². The van der Waals surface area contributed by atoms with Crippen LogP contribution in [0.15, 0.2) is 0 Å². The number of carbonyl (C=O) groups is 1. The molecule has 0 bridgehead atoms. The number of piperazine rings is 1. The van der Waals surface area contributed by atoms with Crippen LogP contribution in [0.25, 0.3) is 0 Å². The zero-order valence-corrected chi connectivity index (χ0v) is 12.1. The van der Waals surface area contributed by atoms with Crippen LogP contribution < -0.4 is 5.73 Å². The van der Waals surface area contributed by atoms with E-state index >= 15 is 0 Å². The molecule has 1 fully saturated rings. The first kappa shape index (κ1) is 15.4. The summed E-state index contributed by atoms with van der Waals surface area (Å²) < 4.78 is 0. The van der Waals surface area contributed by atoms with E-state index in [0.717, 1.165) is 45.8 Å². The topological polar surface area (TPSA) is 52.8 Å². The monoisotopic (exact) mass is 256 g/mol. The Bertz CT molecular complexity index is 247. The Balaban J connectivity index is 2.45. The average molecular weight is 256 g/mol. The van der Waals surface area contributed by atoms with Gasteiger partial charge in [0.1, 0.15) is 0 Å². The molecule has 0 spiro atoms. The van der Waals surface area contributed by atoms with Crippen LogP contribution in [0.2, 0.25) is 0 Å². The number of nitrogens with two attached hydrogens (primary N) is 1. The van der Waals surface area contributed by atoms with Gasteiger partial charge >= 0.3 is 0 Å². The minimum absolute atomic E-state index is 0.183. The molecule has 2 N–H and O–H groups in total. The third-order valence-electron chi connectivity index (χ3n) is 3.91. The van der Waals surface area contributed by atoms with Crippen LogP contribution in [0, 0.1) is 0 Å². The van der Waals surface area contributed by atoms with Gasteiger partial charge in [-0.2, -0.15) is 0 Å². The number of nitrogens with zero attached hydrogens (tertiary/aromatic N) is 3. The van der Waals surface area contributed by atoms with Crippen molar-refractivity contribution in [1.82, 2.24) is 14.7 Å². The van der Waals surface area contributed by atoms with Crippen LogP contribution in [0.1, 0.15) is 20.8 Å². The van der Waals surface area contributed by atoms with Crippen LogP contribution in [-0.2, 0) is 4.79 Å². The molecule has 1 saturated heterocycles. The summed E-state index contributed by atoms with van der Waals surface area (Å²) in [6, 6.07) is 0.416. The van der Waals surface area contributed by atoms with E-state index in [0.29, 0.717) is 12.6 Å². The lowest BCUT2D eigenvalue weighted by atomic mass is 10.2. The van der Waals surface area contributed by atoms with Crippen LogP contribution in [0.4, 0.5) is 0 Å². The fourth-order valence-corrected chi connectivity index (χ4v) is 2.52. The second-order valence-electron chi connectivity index (χ2n) is 4.92. The summed E-state index contributed by atoms with van der Waals surface area (Å²) in [5, 5.41) is 0. The Hall–Kier alpha value is -0.650. The van der Waals surface area contributed by atoms with Gasteiger partial charge in [-0.05, 0) is 13.1 Å². The highest BCUT2D eigenvalue weighted by atomic mass is 16.2. The zero-order chi connectivity index (χ0) is 13.5. The van der Waals surface area contributed by atoms with Crippen LogP contribution >= 0.6 is 0 Å². The van der Waals surface area contributed by atoms with Crippen molar-refractivity contribution in [3.63, 3.8) is 0 Å². The van der Waals surface area contributed by atoms with Gasteiger partial charge in [-0.15, -0.1) is 0 Å². The van der Waals surface area contributed by atoms with Crippen LogP contribution in [-0.4, -0.2) is 79.0 Å². The molecule has 1 aliphatic rings. The van der Waals surface area contributed by atoms with Crippen molar-refractivity contribution in [3.8, 4) is 0 Å². The van der Waals surface area contributed by atoms with Crippen molar-refractivity contribution in [2.75, 3.05) is 52.4 Å². The molecule has 0 aromatic carbocycles. The van der Waals surface area contributed by atoms with Gasteiger partial charge in [0.15, 0.2) is 0 Å². The molecule has 0 aliphatic carbocycles. The maximum absolute atomic E-state index is 11.3. The molecule has 1 heterocycles. The summed E-state index contributed by atoms with van der Waals surface area (Å²) in [5.41, 5.74) is 5.91. The van der Waals surface area contributed by atoms with Crippen molar-refractivity contribution < 1.29 is 4.79 Å². The van der Waals surface area contributed by atoms with Gasteiger partial charge in [0.2, 0.25) is 5.91 Å². The zero-order valence-electron chi connectivity index (χ0n) is 12.1. The minimum Gasteiger partial charge on any atom is -0.340 e. The summed E-state index contributed by atoms with van der Waals surface area (Å²) in [7, 11) is 0. The van der Waals surface area contributed by atoms with Gasteiger partial charge in [0, 0.05) is 52.2 Å². The van der Waals surface area contributed by atoms with Gasteiger partial charge in [0.05, 0.1) is 0 Å². The molecule has 0 radical (unpaired) electrons. The highest BCUT2D eigenvalue weighted by molar-refractivity contribution is 5.73. The fraction of sp³-hybridized carbons (Fsp3) is 0.923. The number of hydrogen-bond donors (Lipinski definition) is 1. The molecule has 1 unspecified atom stereocenters. The van der Waals surface area contributed by atoms with Gasteiger partial charge in [-0.25, -0.2) is 0 Å². The minimum atomic E-state index is 0.183. The summed E-state index contributed by atoms with van der Waals surface area (Å²) in [6.45, 7) is 13.4. The van der Waals surface area contributed by atoms with E-state index in [9.17, 15) is 4.79 Å². The van der Waals surface area contributed by atoms with E-state index in [-0.39, 0.29) is 5.91 Å². The van der Waals surface area contributed by atoms with E-state index in [1.807, 2.05) is 4.90 Å². The number of hydrogen-bond acceptors (Lipinski definition) is 4. The molecule has 106 valence electrons. The summed E-state index contributed by atoms with van der Waals surface area (Å²) in [4.78, 5) is 18.0. The molecule has 5 heteroatoms. The number of carbonyl (C=O) groups excluding carboxylic acids is 1. The van der Waals surface area contributed by atoms with Crippen molar-refractivity contribution in [2.45, 2.75) is 26.8 Å². The lowest BCUT2D eigenvalue weighted by molar-refractivity contribution is -0.130. The maximum Gasteiger partial charge on any atom is 0.219 e. The lowest BCUT2D eigenvalue weighted by Crippen LogP contribution is -2.56. The smallest absolute Gasteiger partial charge is 0.219 e. The second kappa shape index (κ2) is 7.71. The Morgan fingerprint density at radius 3 is 2.17 bits per heavy atom. The first-order chi connectivity index (χ1) is 8.62. The molecular formula is C13H28N4O. The van der Waals surface area contributed by atoms with Gasteiger partial charge < -0.3 is 15.5 Å². The molecule has 0 saturated carbocycles. The van der Waals surface area contributed by atoms with E-state index < -0.39 is 0 Å². The molecule has 1 atom stereocenters. The Morgan fingerprint density at radius 2 is 1.78 bits per heavy atom. The molecular weight excluding hydrogens is 228 g/mol. The molecule has 1 aliphatic heterocycles. The SMILES string of the molecule is CCN(CC)CC(CN)N1CCN(C(C)=O)CC1.